The summed E-state index contributed by atoms with van der Waals surface area (Å²) in [6.45, 7) is 2.92. The topological polar surface area (TPSA) is 98.0 Å². The van der Waals surface area contributed by atoms with E-state index >= 15 is 0 Å². The fourth-order valence-electron chi connectivity index (χ4n) is 0. The van der Waals surface area contributed by atoms with Gasteiger partial charge in [0, 0.05) is 0 Å². The van der Waals surface area contributed by atoms with Crippen LogP contribution in [0.1, 0.15) is 0 Å². The zero-order valence-electron chi connectivity index (χ0n) is 3.93. The van der Waals surface area contributed by atoms with E-state index in [0.717, 1.165) is 6.26 Å². The van der Waals surface area contributed by atoms with Crippen molar-refractivity contribution in [2.24, 2.45) is 0 Å². The maximum Gasteiger partial charge on any atom is 0.466 e. The molecule has 0 rings (SSSR count). The van der Waals surface area contributed by atoms with Gasteiger partial charge in [-0.2, -0.15) is 0 Å². The average molecular weight is 142 g/mol. The van der Waals surface area contributed by atoms with Gasteiger partial charge < -0.3 is 19.8 Å². The van der Waals surface area contributed by atoms with Crippen LogP contribution in [0.4, 0.5) is 0 Å². The monoisotopic (exact) mass is 142 g/mol. The van der Waals surface area contributed by atoms with Gasteiger partial charge in [-0.15, -0.1) is 0 Å². The van der Waals surface area contributed by atoms with E-state index in [2.05, 4.69) is 6.58 Å². The molecule has 0 aliphatic heterocycles. The van der Waals surface area contributed by atoms with Crippen molar-refractivity contribution in [2.75, 3.05) is 0 Å². The molecule has 0 aliphatic carbocycles. The lowest BCUT2D eigenvalue weighted by Gasteiger charge is -1.82. The third kappa shape index (κ3) is 997. The molecule has 6 heteroatoms. The summed E-state index contributed by atoms with van der Waals surface area (Å²) in [7, 11) is -4.64. The molecule has 0 aromatic heterocycles. The van der Waals surface area contributed by atoms with Gasteiger partial charge in [-0.05, 0) is 0 Å². The van der Waals surface area contributed by atoms with E-state index in [1.807, 2.05) is 0 Å². The summed E-state index contributed by atoms with van der Waals surface area (Å²) in [5, 5.41) is 7.33. The molecule has 0 spiro atoms. The normalized spacial score (nSPS) is 8.88. The first-order chi connectivity index (χ1) is 3.41. The highest BCUT2D eigenvalue weighted by Gasteiger charge is 2.00. The SMILES string of the molecule is C=CO.O=P(O)(O)O. The number of hydrogen-bond donors (Lipinski definition) is 4. The molecule has 0 aromatic rings. The first-order valence-corrected chi connectivity index (χ1v) is 3.01. The lowest BCUT2D eigenvalue weighted by Crippen LogP contribution is -1.66. The third-order valence-corrected chi connectivity index (χ3v) is 0. The van der Waals surface area contributed by atoms with Crippen LogP contribution < -0.4 is 0 Å². The summed E-state index contributed by atoms with van der Waals surface area (Å²) in [4.78, 5) is 21.6. The molecule has 0 amide bonds. The zero-order valence-corrected chi connectivity index (χ0v) is 4.82. The first kappa shape index (κ1) is 10.6. The number of hydrogen-bond acceptors (Lipinski definition) is 2. The second-order valence-electron chi connectivity index (χ2n) is 0.696. The van der Waals surface area contributed by atoms with E-state index in [4.69, 9.17) is 24.4 Å². The summed E-state index contributed by atoms with van der Waals surface area (Å²) in [5.74, 6) is 0. The summed E-state index contributed by atoms with van der Waals surface area (Å²) in [6.07, 6.45) is 0.750. The molecule has 0 atom stereocenters. The largest absolute Gasteiger partial charge is 0.516 e. The lowest BCUT2D eigenvalue weighted by atomic mass is 11.2. The van der Waals surface area contributed by atoms with Crippen molar-refractivity contribution in [3.63, 3.8) is 0 Å². The molecule has 50 valence electrons. The molecule has 0 saturated carbocycles. The van der Waals surface area contributed by atoms with Gasteiger partial charge in [0.15, 0.2) is 0 Å². The highest BCUT2D eigenvalue weighted by molar-refractivity contribution is 7.45. The van der Waals surface area contributed by atoms with Crippen molar-refractivity contribution in [1.29, 1.82) is 0 Å². The molecule has 0 heterocycles. The highest BCUT2D eigenvalue weighted by atomic mass is 31.2. The molecule has 5 nitrogen and oxygen atoms in total. The standard InChI is InChI=1S/C2H4O.H3O4P/c1-2-3;1-5(2,3)4/h2-3H,1H2;(H3,1,2,3,4). The van der Waals surface area contributed by atoms with Crippen molar-refractivity contribution in [1.82, 2.24) is 0 Å². The Morgan fingerprint density at radius 1 is 1.38 bits per heavy atom. The minimum Gasteiger partial charge on any atom is -0.516 e. The predicted octanol–water partition coefficient (Wildman–Crippen LogP) is -0.241. The van der Waals surface area contributed by atoms with Crippen LogP contribution in [0.25, 0.3) is 0 Å². The van der Waals surface area contributed by atoms with E-state index in [9.17, 15) is 0 Å². The Bertz CT molecular complexity index is 84.3. The fourth-order valence-corrected chi connectivity index (χ4v) is 0. The molecule has 0 aromatic carbocycles. The van der Waals surface area contributed by atoms with Crippen LogP contribution in [0.5, 0.6) is 0 Å². The molecular formula is C2H7O5P. The molecule has 4 N–H and O–H groups in total. The Balaban J connectivity index is 0. The smallest absolute Gasteiger partial charge is 0.466 e. The fraction of sp³-hybridized carbons (Fsp3) is 0. The minimum absolute atomic E-state index is 0.750. The maximum atomic E-state index is 8.88. The lowest BCUT2D eigenvalue weighted by molar-refractivity contribution is 0.275. The van der Waals surface area contributed by atoms with E-state index < -0.39 is 7.82 Å². The highest BCUT2D eigenvalue weighted by Crippen LogP contribution is 2.25. The van der Waals surface area contributed by atoms with Crippen LogP contribution in [-0.2, 0) is 4.57 Å². The van der Waals surface area contributed by atoms with Gasteiger partial charge in [0.1, 0.15) is 0 Å². The van der Waals surface area contributed by atoms with E-state index in [1.54, 1.807) is 0 Å². The first-order valence-electron chi connectivity index (χ1n) is 1.45. The van der Waals surface area contributed by atoms with Crippen molar-refractivity contribution in [3.05, 3.63) is 12.8 Å². The Kier molecular flexibility index (Phi) is 6.36. The van der Waals surface area contributed by atoms with Gasteiger partial charge in [0.2, 0.25) is 0 Å². The van der Waals surface area contributed by atoms with Crippen LogP contribution >= 0.6 is 7.82 Å². The number of phosphoric acid groups is 1. The van der Waals surface area contributed by atoms with Crippen molar-refractivity contribution in [3.8, 4) is 0 Å². The molecule has 0 radical (unpaired) electrons. The molecule has 0 unspecified atom stereocenters. The minimum atomic E-state index is -4.64. The summed E-state index contributed by atoms with van der Waals surface area (Å²) in [6, 6.07) is 0. The second kappa shape index (κ2) is 4.80. The van der Waals surface area contributed by atoms with Gasteiger partial charge in [-0.25, -0.2) is 4.57 Å². The molecule has 0 fully saturated rings. The van der Waals surface area contributed by atoms with Crippen molar-refractivity contribution >= 4 is 7.82 Å². The molecule has 0 saturated heterocycles. The maximum absolute atomic E-state index is 8.88. The van der Waals surface area contributed by atoms with Crippen LogP contribution in [-0.4, -0.2) is 19.8 Å². The Labute approximate surface area is 46.1 Å². The van der Waals surface area contributed by atoms with Crippen LogP contribution in [0.3, 0.4) is 0 Å². The molecule has 0 aliphatic rings. The third-order valence-electron chi connectivity index (χ3n) is 0. The summed E-state index contributed by atoms with van der Waals surface area (Å²) < 4.78 is 8.88. The number of rotatable bonds is 0. The molecule has 0 bridgehead atoms. The Hall–Kier alpha value is -0.350. The van der Waals surface area contributed by atoms with E-state index in [0.29, 0.717) is 0 Å². The van der Waals surface area contributed by atoms with E-state index in [1.165, 1.54) is 0 Å². The van der Waals surface area contributed by atoms with Crippen LogP contribution in [0, 0.1) is 0 Å². The van der Waals surface area contributed by atoms with E-state index in [-0.39, 0.29) is 0 Å². The van der Waals surface area contributed by atoms with Crippen molar-refractivity contribution in [2.45, 2.75) is 0 Å². The summed E-state index contributed by atoms with van der Waals surface area (Å²) >= 11 is 0. The second-order valence-corrected chi connectivity index (χ2v) is 1.72. The summed E-state index contributed by atoms with van der Waals surface area (Å²) in [5.41, 5.74) is 0. The zero-order chi connectivity index (χ0) is 7.21. The van der Waals surface area contributed by atoms with Gasteiger partial charge in [-0.1, -0.05) is 6.58 Å². The van der Waals surface area contributed by atoms with Crippen molar-refractivity contribution < 1.29 is 24.4 Å². The number of aliphatic hydroxyl groups excluding tert-OH is 1. The predicted molar refractivity (Wildman–Crippen MR) is 27.1 cm³/mol. The average Bonchev–Trinajstić information content (AvgIpc) is 1.27. The van der Waals surface area contributed by atoms with Crippen LogP contribution in [0.2, 0.25) is 0 Å². The van der Waals surface area contributed by atoms with Gasteiger partial charge >= 0.3 is 7.82 Å². The Morgan fingerprint density at radius 2 is 1.38 bits per heavy atom. The molecule has 8 heavy (non-hydrogen) atoms. The van der Waals surface area contributed by atoms with Gasteiger partial charge in [0.25, 0.3) is 0 Å². The molecular weight excluding hydrogens is 135 g/mol. The Morgan fingerprint density at radius 3 is 1.38 bits per heavy atom. The van der Waals surface area contributed by atoms with Gasteiger partial charge in [-0.3, -0.25) is 0 Å². The van der Waals surface area contributed by atoms with Gasteiger partial charge in [0.05, 0.1) is 6.26 Å². The van der Waals surface area contributed by atoms with Crippen LogP contribution in [0.15, 0.2) is 12.8 Å². The number of aliphatic hydroxyl groups is 1. The quantitative estimate of drug-likeness (QED) is 0.276.